The molecule has 0 bridgehead atoms. The lowest BCUT2D eigenvalue weighted by Crippen LogP contribution is -2.50. The maximum absolute atomic E-state index is 13.0. The van der Waals surface area contributed by atoms with Gasteiger partial charge in [0.1, 0.15) is 0 Å². The van der Waals surface area contributed by atoms with E-state index < -0.39 is 15.9 Å². The summed E-state index contributed by atoms with van der Waals surface area (Å²) in [6.45, 7) is 2.92. The van der Waals surface area contributed by atoms with Gasteiger partial charge in [0.2, 0.25) is 11.8 Å². The highest BCUT2D eigenvalue weighted by Crippen LogP contribution is 2.21. The van der Waals surface area contributed by atoms with Crippen LogP contribution in [0.5, 0.6) is 0 Å². The van der Waals surface area contributed by atoms with Crippen LogP contribution in [0.4, 0.5) is 0 Å². The van der Waals surface area contributed by atoms with E-state index in [9.17, 15) is 22.8 Å². The molecule has 3 amide bonds. The van der Waals surface area contributed by atoms with Gasteiger partial charge >= 0.3 is 0 Å². The number of benzene rings is 1. The van der Waals surface area contributed by atoms with E-state index in [1.165, 1.54) is 4.90 Å². The summed E-state index contributed by atoms with van der Waals surface area (Å²) < 4.78 is 23.1. The molecule has 0 aromatic heterocycles. The molecule has 2 atom stereocenters. The van der Waals surface area contributed by atoms with Crippen LogP contribution in [0.2, 0.25) is 5.02 Å². The third-order valence-corrected chi connectivity index (χ3v) is 7.79. The first-order chi connectivity index (χ1) is 14.7. The van der Waals surface area contributed by atoms with E-state index in [2.05, 4.69) is 5.32 Å². The standard InChI is InChI=1S/C21H28ClN3O5S/c1-2-24(13-19(26)23-18-9-11-31(29,30)14-18)21(28)16-4-3-10-25(12-16)20(27)15-5-7-17(22)8-6-15/h5-8,16,18H,2-4,9-14H2,1H3,(H,23,26)/t16-,18+/m1/s1. The highest BCUT2D eigenvalue weighted by molar-refractivity contribution is 7.91. The number of nitrogens with zero attached hydrogens (tertiary/aromatic N) is 2. The number of rotatable bonds is 6. The second-order valence-corrected chi connectivity index (χ2v) is 10.8. The molecule has 0 aliphatic carbocycles. The van der Waals surface area contributed by atoms with Gasteiger partial charge in [0.25, 0.3) is 5.91 Å². The molecule has 0 saturated carbocycles. The van der Waals surface area contributed by atoms with Crippen molar-refractivity contribution in [3.63, 3.8) is 0 Å². The van der Waals surface area contributed by atoms with Crippen molar-refractivity contribution in [2.45, 2.75) is 32.2 Å². The molecule has 2 aliphatic rings. The molecule has 0 unspecified atom stereocenters. The number of sulfone groups is 1. The van der Waals surface area contributed by atoms with Gasteiger partial charge in [-0.1, -0.05) is 11.6 Å². The number of likely N-dealkylation sites (tertiary alicyclic amines) is 1. The quantitative estimate of drug-likeness (QED) is 0.677. The summed E-state index contributed by atoms with van der Waals surface area (Å²) in [5.74, 6) is -1.01. The number of hydrogen-bond donors (Lipinski definition) is 1. The molecular weight excluding hydrogens is 442 g/mol. The molecule has 2 saturated heterocycles. The Morgan fingerprint density at radius 2 is 1.90 bits per heavy atom. The minimum atomic E-state index is -3.09. The van der Waals surface area contributed by atoms with Crippen LogP contribution in [-0.2, 0) is 19.4 Å². The van der Waals surface area contributed by atoms with Crippen molar-refractivity contribution in [1.29, 1.82) is 0 Å². The van der Waals surface area contributed by atoms with E-state index in [0.717, 1.165) is 0 Å². The largest absolute Gasteiger partial charge is 0.351 e. The Hall–Kier alpha value is -2.13. The van der Waals surface area contributed by atoms with E-state index >= 15 is 0 Å². The zero-order valence-corrected chi connectivity index (χ0v) is 19.1. The van der Waals surface area contributed by atoms with Gasteiger partial charge in [0.05, 0.1) is 24.0 Å². The lowest BCUT2D eigenvalue weighted by atomic mass is 9.95. The summed E-state index contributed by atoms with van der Waals surface area (Å²) in [5, 5.41) is 3.27. The van der Waals surface area contributed by atoms with Crippen LogP contribution in [0.25, 0.3) is 0 Å². The highest BCUT2D eigenvalue weighted by atomic mass is 35.5. The van der Waals surface area contributed by atoms with Gasteiger partial charge in [-0.3, -0.25) is 14.4 Å². The molecule has 1 aromatic rings. The number of halogens is 1. The molecule has 31 heavy (non-hydrogen) atoms. The monoisotopic (exact) mass is 469 g/mol. The third kappa shape index (κ3) is 6.20. The first-order valence-corrected chi connectivity index (χ1v) is 12.7. The molecule has 3 rings (SSSR count). The van der Waals surface area contributed by atoms with Crippen LogP contribution >= 0.6 is 11.6 Å². The van der Waals surface area contributed by atoms with E-state index in [1.54, 1.807) is 36.1 Å². The fraction of sp³-hybridized carbons (Fsp3) is 0.571. The number of hydrogen-bond acceptors (Lipinski definition) is 5. The second kappa shape index (κ2) is 9.99. The molecule has 10 heteroatoms. The molecule has 1 aromatic carbocycles. The summed E-state index contributed by atoms with van der Waals surface area (Å²) >= 11 is 5.89. The summed E-state index contributed by atoms with van der Waals surface area (Å²) in [5.41, 5.74) is 0.524. The number of amides is 3. The molecule has 170 valence electrons. The number of likely N-dealkylation sites (N-methyl/N-ethyl adjacent to an activating group) is 1. The number of carbonyl (C=O) groups excluding carboxylic acids is 3. The fourth-order valence-electron chi connectivity index (χ4n) is 4.10. The van der Waals surface area contributed by atoms with E-state index in [4.69, 9.17) is 11.6 Å². The van der Waals surface area contributed by atoms with Gasteiger partial charge < -0.3 is 15.1 Å². The van der Waals surface area contributed by atoms with E-state index in [0.29, 0.717) is 49.5 Å². The highest BCUT2D eigenvalue weighted by Gasteiger charge is 2.33. The van der Waals surface area contributed by atoms with Gasteiger partial charge in [-0.2, -0.15) is 0 Å². The number of carbonyl (C=O) groups is 3. The fourth-order valence-corrected chi connectivity index (χ4v) is 5.90. The summed E-state index contributed by atoms with van der Waals surface area (Å²) in [6, 6.07) is 6.26. The number of piperidine rings is 1. The van der Waals surface area contributed by atoms with E-state index in [-0.39, 0.29) is 41.7 Å². The Bertz CT molecular complexity index is 935. The Morgan fingerprint density at radius 3 is 2.52 bits per heavy atom. The molecule has 2 aliphatic heterocycles. The lowest BCUT2D eigenvalue weighted by molar-refractivity contribution is -0.140. The molecule has 2 heterocycles. The minimum absolute atomic E-state index is 0.0524. The van der Waals surface area contributed by atoms with Crippen LogP contribution in [0.1, 0.15) is 36.5 Å². The molecule has 8 nitrogen and oxygen atoms in total. The lowest BCUT2D eigenvalue weighted by Gasteiger charge is -2.34. The first-order valence-electron chi connectivity index (χ1n) is 10.5. The molecule has 0 spiro atoms. The Kier molecular flexibility index (Phi) is 7.59. The zero-order chi connectivity index (χ0) is 22.6. The van der Waals surface area contributed by atoms with Crippen molar-refractivity contribution in [1.82, 2.24) is 15.1 Å². The van der Waals surface area contributed by atoms with Gasteiger partial charge in [-0.25, -0.2) is 8.42 Å². The average molecular weight is 470 g/mol. The van der Waals surface area contributed by atoms with Crippen LogP contribution < -0.4 is 5.32 Å². The van der Waals surface area contributed by atoms with Crippen LogP contribution in [0, 0.1) is 5.92 Å². The first kappa shape index (κ1) is 23.5. The summed E-state index contributed by atoms with van der Waals surface area (Å²) in [4.78, 5) is 41.4. The van der Waals surface area contributed by atoms with Crippen molar-refractivity contribution in [3.8, 4) is 0 Å². The van der Waals surface area contributed by atoms with Crippen molar-refractivity contribution in [3.05, 3.63) is 34.9 Å². The van der Waals surface area contributed by atoms with Crippen LogP contribution in [0.15, 0.2) is 24.3 Å². The maximum atomic E-state index is 13.0. The summed E-state index contributed by atoms with van der Waals surface area (Å²) in [7, 11) is -3.09. The third-order valence-electron chi connectivity index (χ3n) is 5.77. The molecule has 1 N–H and O–H groups in total. The Morgan fingerprint density at radius 1 is 1.19 bits per heavy atom. The normalized spacial score (nSPS) is 22.7. The minimum Gasteiger partial charge on any atom is -0.351 e. The SMILES string of the molecule is CCN(CC(=O)N[C@H]1CCS(=O)(=O)C1)C(=O)[C@@H]1CCCN(C(=O)c2ccc(Cl)cc2)C1. The molecule has 2 fully saturated rings. The van der Waals surface area contributed by atoms with Crippen molar-refractivity contribution >= 4 is 39.2 Å². The van der Waals surface area contributed by atoms with Gasteiger partial charge in [0, 0.05) is 36.3 Å². The zero-order valence-electron chi connectivity index (χ0n) is 17.5. The average Bonchev–Trinajstić information content (AvgIpc) is 3.09. The molecule has 0 radical (unpaired) electrons. The van der Waals surface area contributed by atoms with Gasteiger partial charge in [-0.15, -0.1) is 0 Å². The smallest absolute Gasteiger partial charge is 0.253 e. The predicted molar refractivity (Wildman–Crippen MR) is 118 cm³/mol. The van der Waals surface area contributed by atoms with Crippen molar-refractivity contribution in [2.75, 3.05) is 37.7 Å². The van der Waals surface area contributed by atoms with Crippen LogP contribution in [0.3, 0.4) is 0 Å². The Labute approximate surface area is 187 Å². The topological polar surface area (TPSA) is 104 Å². The van der Waals surface area contributed by atoms with Crippen LogP contribution in [-0.4, -0.2) is 79.7 Å². The molecular formula is C21H28ClN3O5S. The second-order valence-electron chi connectivity index (χ2n) is 8.12. The van der Waals surface area contributed by atoms with Gasteiger partial charge in [0.15, 0.2) is 9.84 Å². The van der Waals surface area contributed by atoms with E-state index in [1.807, 2.05) is 0 Å². The Balaban J connectivity index is 1.57. The van der Waals surface area contributed by atoms with Crippen molar-refractivity contribution in [2.24, 2.45) is 5.92 Å². The van der Waals surface area contributed by atoms with Crippen molar-refractivity contribution < 1.29 is 22.8 Å². The summed E-state index contributed by atoms with van der Waals surface area (Å²) in [6.07, 6.45) is 1.76. The van der Waals surface area contributed by atoms with Gasteiger partial charge in [-0.05, 0) is 50.5 Å². The maximum Gasteiger partial charge on any atom is 0.253 e. The predicted octanol–water partition coefficient (Wildman–Crippen LogP) is 1.34. The number of nitrogens with one attached hydrogen (secondary N) is 1.